The van der Waals surface area contributed by atoms with Gasteiger partial charge >= 0.3 is 0 Å². The smallest absolute Gasteiger partial charge is 0.255 e. The predicted molar refractivity (Wildman–Crippen MR) is 71.8 cm³/mol. The summed E-state index contributed by atoms with van der Waals surface area (Å²) in [5.41, 5.74) is 7.55. The fraction of sp³-hybridized carbons (Fsp3) is 0.308. The molecule has 1 atom stereocenters. The third-order valence-corrected chi connectivity index (χ3v) is 3.55. The molecule has 1 heterocycles. The average Bonchev–Trinajstić information content (AvgIpc) is 2.81. The minimum absolute atomic E-state index is 0.215. The quantitative estimate of drug-likeness (QED) is 0.854. The van der Waals surface area contributed by atoms with Crippen molar-refractivity contribution >= 4 is 11.8 Å². The molecule has 2 rings (SSSR count). The van der Waals surface area contributed by atoms with Crippen LogP contribution < -0.4 is 10.5 Å². The highest BCUT2D eigenvalue weighted by molar-refractivity contribution is 7.99. The zero-order chi connectivity index (χ0) is 13.8. The molecule has 0 fully saturated rings. The first-order chi connectivity index (χ1) is 9.10. The van der Waals surface area contributed by atoms with E-state index in [0.717, 1.165) is 5.69 Å². The normalized spacial score (nSPS) is 12.4. The number of aromatic nitrogens is 1. The molecule has 0 aliphatic rings. The number of hydrogen-bond donors (Lipinski definition) is 1. The summed E-state index contributed by atoms with van der Waals surface area (Å²) in [5, 5.41) is 0.571. The highest BCUT2D eigenvalue weighted by atomic mass is 32.2. The molecule has 4 nitrogen and oxygen atoms in total. The van der Waals surface area contributed by atoms with Gasteiger partial charge < -0.3 is 14.9 Å². The summed E-state index contributed by atoms with van der Waals surface area (Å²) in [5.74, 6) is 0.366. The molecule has 2 aromatic rings. The summed E-state index contributed by atoms with van der Waals surface area (Å²) >= 11 is 1.40. The maximum absolute atomic E-state index is 13.6. The third-order valence-electron chi connectivity index (χ3n) is 2.59. The Balaban J connectivity index is 1.99. The van der Waals surface area contributed by atoms with Gasteiger partial charge in [0.1, 0.15) is 6.26 Å². The largest absolute Gasteiger partial charge is 0.494 e. The minimum atomic E-state index is -0.410. The van der Waals surface area contributed by atoms with Gasteiger partial charge in [-0.15, -0.1) is 0 Å². The van der Waals surface area contributed by atoms with Gasteiger partial charge in [-0.05, 0) is 24.6 Å². The highest BCUT2D eigenvalue weighted by Crippen LogP contribution is 2.25. The molecule has 0 aliphatic carbocycles. The standard InChI is InChI=1S/C13H15FN2O2S/c1-8-6-18-13(16-8)19-7-11(15)9-3-4-12(17-2)10(14)5-9/h3-6,11H,7,15H2,1-2H3. The molecule has 1 aromatic heterocycles. The van der Waals surface area contributed by atoms with Crippen LogP contribution in [0.25, 0.3) is 0 Å². The Morgan fingerprint density at radius 3 is 2.89 bits per heavy atom. The van der Waals surface area contributed by atoms with Crippen LogP contribution in [0.5, 0.6) is 5.75 Å². The average molecular weight is 282 g/mol. The van der Waals surface area contributed by atoms with Crippen LogP contribution in [0, 0.1) is 12.7 Å². The van der Waals surface area contributed by atoms with Crippen LogP contribution in [-0.4, -0.2) is 17.8 Å². The van der Waals surface area contributed by atoms with E-state index in [0.29, 0.717) is 16.5 Å². The SMILES string of the molecule is COc1ccc(C(N)CSc2nc(C)co2)cc1F. The Bertz CT molecular complexity index is 559. The van der Waals surface area contributed by atoms with Crippen molar-refractivity contribution in [3.63, 3.8) is 0 Å². The topological polar surface area (TPSA) is 61.3 Å². The molecule has 0 aliphatic heterocycles. The van der Waals surface area contributed by atoms with E-state index in [4.69, 9.17) is 14.9 Å². The zero-order valence-electron chi connectivity index (χ0n) is 10.7. The van der Waals surface area contributed by atoms with Crippen LogP contribution in [0.2, 0.25) is 0 Å². The number of rotatable bonds is 5. The molecular formula is C13H15FN2O2S. The molecule has 0 radical (unpaired) electrons. The third kappa shape index (κ3) is 3.48. The number of nitrogens with zero attached hydrogens (tertiary/aromatic N) is 1. The van der Waals surface area contributed by atoms with Crippen molar-refractivity contribution in [2.45, 2.75) is 18.2 Å². The van der Waals surface area contributed by atoms with E-state index < -0.39 is 5.82 Å². The number of benzene rings is 1. The maximum Gasteiger partial charge on any atom is 0.255 e. The Hall–Kier alpha value is -1.53. The molecule has 0 bridgehead atoms. The zero-order valence-corrected chi connectivity index (χ0v) is 11.5. The van der Waals surface area contributed by atoms with Crippen LogP contribution >= 0.6 is 11.8 Å². The van der Waals surface area contributed by atoms with Crippen molar-refractivity contribution < 1.29 is 13.5 Å². The van der Waals surface area contributed by atoms with Crippen molar-refractivity contribution in [3.8, 4) is 5.75 Å². The molecule has 1 aromatic carbocycles. The van der Waals surface area contributed by atoms with E-state index in [-0.39, 0.29) is 11.8 Å². The van der Waals surface area contributed by atoms with Gasteiger partial charge in [-0.2, -0.15) is 0 Å². The molecule has 0 spiro atoms. The molecule has 6 heteroatoms. The van der Waals surface area contributed by atoms with Gasteiger partial charge in [-0.25, -0.2) is 9.37 Å². The van der Waals surface area contributed by atoms with Gasteiger partial charge in [0.25, 0.3) is 5.22 Å². The van der Waals surface area contributed by atoms with Crippen molar-refractivity contribution in [3.05, 3.63) is 41.5 Å². The van der Waals surface area contributed by atoms with Crippen LogP contribution in [0.1, 0.15) is 17.3 Å². The van der Waals surface area contributed by atoms with Crippen LogP contribution in [0.3, 0.4) is 0 Å². The number of aryl methyl sites for hydroxylation is 1. The molecule has 1 unspecified atom stereocenters. The van der Waals surface area contributed by atoms with Gasteiger partial charge in [0.15, 0.2) is 11.6 Å². The number of methoxy groups -OCH3 is 1. The Morgan fingerprint density at radius 2 is 2.32 bits per heavy atom. The molecule has 0 saturated carbocycles. The van der Waals surface area contributed by atoms with Crippen LogP contribution in [0.4, 0.5) is 4.39 Å². The fourth-order valence-corrected chi connectivity index (χ4v) is 2.41. The summed E-state index contributed by atoms with van der Waals surface area (Å²) in [6, 6.07) is 4.43. The second-order valence-corrected chi connectivity index (χ2v) is 5.04. The van der Waals surface area contributed by atoms with E-state index >= 15 is 0 Å². The van der Waals surface area contributed by atoms with E-state index in [9.17, 15) is 4.39 Å². The molecule has 102 valence electrons. The van der Waals surface area contributed by atoms with E-state index in [1.807, 2.05) is 6.92 Å². The lowest BCUT2D eigenvalue weighted by Crippen LogP contribution is -2.13. The summed E-state index contributed by atoms with van der Waals surface area (Å²) in [7, 11) is 1.43. The second kappa shape index (κ2) is 6.08. The summed E-state index contributed by atoms with van der Waals surface area (Å²) in [4.78, 5) is 4.17. The first-order valence-electron chi connectivity index (χ1n) is 5.74. The number of halogens is 1. The van der Waals surface area contributed by atoms with Gasteiger partial charge in [0.2, 0.25) is 0 Å². The van der Waals surface area contributed by atoms with Crippen molar-refractivity contribution in [1.29, 1.82) is 0 Å². The Kier molecular flexibility index (Phi) is 4.44. The highest BCUT2D eigenvalue weighted by Gasteiger charge is 2.12. The summed E-state index contributed by atoms with van der Waals surface area (Å²) in [6.45, 7) is 1.85. The first-order valence-corrected chi connectivity index (χ1v) is 6.72. The number of nitrogens with two attached hydrogens (primary N) is 1. The lowest BCUT2D eigenvalue weighted by atomic mass is 10.1. The first kappa shape index (κ1) is 13.9. The molecule has 0 saturated heterocycles. The number of oxazole rings is 1. The van der Waals surface area contributed by atoms with Gasteiger partial charge in [0.05, 0.1) is 12.8 Å². The van der Waals surface area contributed by atoms with Gasteiger partial charge in [-0.1, -0.05) is 17.8 Å². The number of hydrogen-bond acceptors (Lipinski definition) is 5. The number of ether oxygens (including phenoxy) is 1. The second-order valence-electron chi connectivity index (χ2n) is 4.07. The molecular weight excluding hydrogens is 267 g/mol. The predicted octanol–water partition coefficient (Wildman–Crippen LogP) is 2.92. The number of thioether (sulfide) groups is 1. The van der Waals surface area contributed by atoms with E-state index in [1.165, 1.54) is 24.9 Å². The van der Waals surface area contributed by atoms with Crippen LogP contribution in [-0.2, 0) is 0 Å². The molecule has 19 heavy (non-hydrogen) atoms. The lowest BCUT2D eigenvalue weighted by Gasteiger charge is -2.11. The van der Waals surface area contributed by atoms with Crippen molar-refractivity contribution in [2.75, 3.05) is 12.9 Å². The minimum Gasteiger partial charge on any atom is -0.494 e. The van der Waals surface area contributed by atoms with Crippen molar-refractivity contribution in [1.82, 2.24) is 4.98 Å². The lowest BCUT2D eigenvalue weighted by molar-refractivity contribution is 0.386. The molecule has 0 amide bonds. The van der Waals surface area contributed by atoms with Gasteiger partial charge in [-0.3, -0.25) is 0 Å². The summed E-state index contributed by atoms with van der Waals surface area (Å²) in [6.07, 6.45) is 1.58. The Morgan fingerprint density at radius 1 is 1.53 bits per heavy atom. The van der Waals surface area contributed by atoms with E-state index in [1.54, 1.807) is 18.4 Å². The maximum atomic E-state index is 13.6. The van der Waals surface area contributed by atoms with Gasteiger partial charge in [0, 0.05) is 11.8 Å². The van der Waals surface area contributed by atoms with Crippen molar-refractivity contribution in [2.24, 2.45) is 5.73 Å². The van der Waals surface area contributed by atoms with E-state index in [2.05, 4.69) is 4.98 Å². The summed E-state index contributed by atoms with van der Waals surface area (Å²) < 4.78 is 23.6. The fourth-order valence-electron chi connectivity index (χ4n) is 1.57. The molecule has 2 N–H and O–H groups in total. The van der Waals surface area contributed by atoms with Crippen LogP contribution in [0.15, 0.2) is 34.1 Å². The Labute approximate surface area is 115 Å². The monoisotopic (exact) mass is 282 g/mol.